The van der Waals surface area contributed by atoms with E-state index in [0.29, 0.717) is 4.83 Å². The monoisotopic (exact) mass is 318 g/mol. The van der Waals surface area contributed by atoms with E-state index in [0.717, 1.165) is 6.42 Å². The highest BCUT2D eigenvalue weighted by atomic mass is 79.9. The Balaban J connectivity index is 2.13. The normalized spacial score (nSPS) is 32.1. The molecule has 76 valence electrons. The maximum atomic E-state index is 5.77. The predicted molar refractivity (Wildman–Crippen MR) is 65.1 cm³/mol. The van der Waals surface area contributed by atoms with Gasteiger partial charge in [0.2, 0.25) is 0 Å². The van der Waals surface area contributed by atoms with Crippen LogP contribution in [0.5, 0.6) is 0 Å². The molecule has 1 aromatic carbocycles. The first-order valence-corrected chi connectivity index (χ1v) is 6.50. The molecule has 0 N–H and O–H groups in total. The maximum absolute atomic E-state index is 5.77. The van der Waals surface area contributed by atoms with Crippen molar-refractivity contribution in [3.8, 4) is 0 Å². The number of benzene rings is 1. The van der Waals surface area contributed by atoms with Crippen molar-refractivity contribution in [2.75, 3.05) is 0 Å². The van der Waals surface area contributed by atoms with Crippen LogP contribution in [0, 0.1) is 6.92 Å². The van der Waals surface area contributed by atoms with Gasteiger partial charge in [0.15, 0.2) is 0 Å². The van der Waals surface area contributed by atoms with Gasteiger partial charge in [0, 0.05) is 0 Å². The lowest BCUT2D eigenvalue weighted by molar-refractivity contribution is 0.0970. The molecule has 3 atom stereocenters. The first-order chi connectivity index (χ1) is 6.66. The molecule has 1 aliphatic rings. The average molecular weight is 320 g/mol. The number of alkyl halides is 2. The van der Waals surface area contributed by atoms with Crippen molar-refractivity contribution in [3.63, 3.8) is 0 Å². The van der Waals surface area contributed by atoms with Crippen LogP contribution in [0.2, 0.25) is 0 Å². The third-order valence-corrected chi connectivity index (χ3v) is 4.88. The van der Waals surface area contributed by atoms with Gasteiger partial charge in [-0.2, -0.15) is 0 Å². The highest BCUT2D eigenvalue weighted by Gasteiger charge is 2.32. The first-order valence-electron chi connectivity index (χ1n) is 4.67. The van der Waals surface area contributed by atoms with Crippen molar-refractivity contribution < 1.29 is 4.74 Å². The molecule has 2 rings (SSSR count). The number of ether oxygens (including phenoxy) is 1. The van der Waals surface area contributed by atoms with Crippen molar-refractivity contribution >= 4 is 31.9 Å². The number of hydrogen-bond acceptors (Lipinski definition) is 1. The number of halogens is 2. The van der Waals surface area contributed by atoms with E-state index >= 15 is 0 Å². The van der Waals surface area contributed by atoms with E-state index in [9.17, 15) is 0 Å². The zero-order valence-corrected chi connectivity index (χ0v) is 11.1. The van der Waals surface area contributed by atoms with Gasteiger partial charge in [-0.25, -0.2) is 0 Å². The van der Waals surface area contributed by atoms with Crippen LogP contribution in [0.3, 0.4) is 0 Å². The van der Waals surface area contributed by atoms with E-state index in [1.54, 1.807) is 0 Å². The Labute approximate surface area is 101 Å². The highest BCUT2D eigenvalue weighted by Crippen LogP contribution is 2.39. The van der Waals surface area contributed by atoms with Crippen LogP contribution in [0.4, 0.5) is 0 Å². The second kappa shape index (κ2) is 4.33. The van der Waals surface area contributed by atoms with E-state index in [4.69, 9.17) is 4.74 Å². The summed E-state index contributed by atoms with van der Waals surface area (Å²) in [7, 11) is 0. The molecule has 0 aliphatic carbocycles. The fraction of sp³-hybridized carbons (Fsp3) is 0.455. The smallest absolute Gasteiger partial charge is 0.125 e. The molecule has 3 heteroatoms. The van der Waals surface area contributed by atoms with E-state index < -0.39 is 0 Å². The molecule has 1 fully saturated rings. The summed E-state index contributed by atoms with van der Waals surface area (Å²) in [6.45, 7) is 2.10. The van der Waals surface area contributed by atoms with Gasteiger partial charge in [0.25, 0.3) is 0 Å². The molecule has 0 aromatic heterocycles. The van der Waals surface area contributed by atoms with E-state index in [2.05, 4.69) is 63.0 Å². The SMILES string of the molecule is Cc1ccc([C@H]2C[C@H](Br)[C@H](Br)O2)cc1. The molecular formula is C11H12Br2O. The molecule has 1 saturated heterocycles. The molecular weight excluding hydrogens is 308 g/mol. The molecule has 1 aromatic rings. The lowest BCUT2D eigenvalue weighted by Crippen LogP contribution is -2.04. The first kappa shape index (κ1) is 10.7. The molecule has 0 unspecified atom stereocenters. The molecule has 0 radical (unpaired) electrons. The van der Waals surface area contributed by atoms with Gasteiger partial charge in [-0.3, -0.25) is 0 Å². The molecule has 0 amide bonds. The summed E-state index contributed by atoms with van der Waals surface area (Å²) in [4.78, 5) is 0.411. The van der Waals surface area contributed by atoms with Crippen molar-refractivity contribution in [2.24, 2.45) is 0 Å². The molecule has 0 spiro atoms. The topological polar surface area (TPSA) is 9.23 Å². The van der Waals surface area contributed by atoms with Crippen LogP contribution in [-0.4, -0.2) is 9.84 Å². The third kappa shape index (κ3) is 2.20. The van der Waals surface area contributed by atoms with Gasteiger partial charge in [0.1, 0.15) is 5.01 Å². The van der Waals surface area contributed by atoms with Crippen LogP contribution in [-0.2, 0) is 4.74 Å². The summed E-state index contributed by atoms with van der Waals surface area (Å²) in [6.07, 6.45) is 1.25. The van der Waals surface area contributed by atoms with Gasteiger partial charge in [-0.15, -0.1) is 0 Å². The van der Waals surface area contributed by atoms with E-state index in [1.807, 2.05) is 0 Å². The van der Waals surface area contributed by atoms with Gasteiger partial charge in [0.05, 0.1) is 10.9 Å². The Morgan fingerprint density at radius 3 is 2.36 bits per heavy atom. The van der Waals surface area contributed by atoms with E-state index in [1.165, 1.54) is 11.1 Å². The third-order valence-electron chi connectivity index (χ3n) is 2.47. The Bertz CT molecular complexity index is 300. The summed E-state index contributed by atoms with van der Waals surface area (Å²) in [5.74, 6) is 0. The van der Waals surface area contributed by atoms with Crippen molar-refractivity contribution in [1.29, 1.82) is 0 Å². The Morgan fingerprint density at radius 2 is 1.86 bits per heavy atom. The zero-order valence-electron chi connectivity index (χ0n) is 7.91. The Hall–Kier alpha value is 0.140. The van der Waals surface area contributed by atoms with Crippen molar-refractivity contribution in [2.45, 2.75) is 29.3 Å². The molecule has 1 nitrogen and oxygen atoms in total. The molecule has 1 aliphatic heterocycles. The van der Waals surface area contributed by atoms with Gasteiger partial charge < -0.3 is 4.74 Å². The second-order valence-electron chi connectivity index (χ2n) is 3.64. The summed E-state index contributed by atoms with van der Waals surface area (Å²) < 4.78 is 5.77. The summed E-state index contributed by atoms with van der Waals surface area (Å²) in [5, 5.41) is 0.133. The van der Waals surface area contributed by atoms with Crippen LogP contribution in [0.15, 0.2) is 24.3 Å². The number of aryl methyl sites for hydroxylation is 1. The fourth-order valence-corrected chi connectivity index (χ4v) is 2.55. The highest BCUT2D eigenvalue weighted by molar-refractivity contribution is 9.12. The molecule has 0 bridgehead atoms. The largest absolute Gasteiger partial charge is 0.358 e. The standard InChI is InChI=1S/C11H12Br2O/c1-7-2-4-8(5-3-7)10-6-9(12)11(13)14-10/h2-5,9-11H,6H2,1H3/t9-,10+,11+/m0/s1. The Kier molecular flexibility index (Phi) is 3.30. The quantitative estimate of drug-likeness (QED) is 0.712. The summed E-state index contributed by atoms with van der Waals surface area (Å²) in [6, 6.07) is 8.54. The van der Waals surface area contributed by atoms with Gasteiger partial charge in [-0.1, -0.05) is 61.7 Å². The second-order valence-corrected chi connectivity index (χ2v) is 5.72. The lowest BCUT2D eigenvalue weighted by atomic mass is 10.1. The van der Waals surface area contributed by atoms with Crippen LogP contribution in [0.1, 0.15) is 23.7 Å². The molecule has 0 saturated carbocycles. The predicted octanol–water partition coefficient (Wildman–Crippen LogP) is 3.94. The van der Waals surface area contributed by atoms with Crippen LogP contribution < -0.4 is 0 Å². The number of hydrogen-bond donors (Lipinski definition) is 0. The zero-order chi connectivity index (χ0) is 10.1. The van der Waals surface area contributed by atoms with Crippen molar-refractivity contribution in [1.82, 2.24) is 0 Å². The Morgan fingerprint density at radius 1 is 1.21 bits per heavy atom. The minimum absolute atomic E-state index is 0.133. The maximum Gasteiger partial charge on any atom is 0.125 e. The van der Waals surface area contributed by atoms with Crippen LogP contribution >= 0.6 is 31.9 Å². The van der Waals surface area contributed by atoms with E-state index in [-0.39, 0.29) is 11.1 Å². The fourth-order valence-electron chi connectivity index (χ4n) is 1.60. The van der Waals surface area contributed by atoms with Gasteiger partial charge >= 0.3 is 0 Å². The summed E-state index contributed by atoms with van der Waals surface area (Å²) >= 11 is 7.07. The van der Waals surface area contributed by atoms with Crippen molar-refractivity contribution in [3.05, 3.63) is 35.4 Å². The van der Waals surface area contributed by atoms with Crippen LogP contribution in [0.25, 0.3) is 0 Å². The minimum atomic E-state index is 0.133. The number of rotatable bonds is 1. The minimum Gasteiger partial charge on any atom is -0.358 e. The molecule has 1 heterocycles. The molecule has 14 heavy (non-hydrogen) atoms. The average Bonchev–Trinajstić information content (AvgIpc) is 2.48. The lowest BCUT2D eigenvalue weighted by Gasteiger charge is -2.10. The van der Waals surface area contributed by atoms with Gasteiger partial charge in [-0.05, 0) is 18.9 Å². The summed E-state index contributed by atoms with van der Waals surface area (Å²) in [5.41, 5.74) is 2.56.